The summed E-state index contributed by atoms with van der Waals surface area (Å²) >= 11 is 0. The first-order valence-corrected chi connectivity index (χ1v) is 8.54. The van der Waals surface area contributed by atoms with E-state index in [4.69, 9.17) is 9.47 Å². The Morgan fingerprint density at radius 3 is 2.67 bits per heavy atom. The minimum absolute atomic E-state index is 0.344. The molecule has 0 spiro atoms. The van der Waals surface area contributed by atoms with Crippen molar-refractivity contribution in [3.8, 4) is 11.5 Å². The molecule has 0 bridgehead atoms. The van der Waals surface area contributed by atoms with Gasteiger partial charge in [0.25, 0.3) is 0 Å². The third-order valence-electron chi connectivity index (χ3n) is 4.66. The number of nitrogens with one attached hydrogen (secondary N) is 2. The van der Waals surface area contributed by atoms with Crippen LogP contribution in [0.3, 0.4) is 0 Å². The Hall–Kier alpha value is -2.04. The normalized spacial score (nSPS) is 20.6. The lowest BCUT2D eigenvalue weighted by Crippen LogP contribution is -2.45. The zero-order chi connectivity index (χ0) is 16.8. The minimum atomic E-state index is 0.344. The predicted molar refractivity (Wildman–Crippen MR) is 96.6 cm³/mol. The second-order valence-corrected chi connectivity index (χ2v) is 6.15. The number of benzene rings is 2. The highest BCUT2D eigenvalue weighted by Gasteiger charge is 2.25. The Kier molecular flexibility index (Phi) is 5.72. The molecule has 3 rings (SSSR count). The minimum Gasteiger partial charge on any atom is -0.497 e. The number of methoxy groups -OCH3 is 2. The van der Waals surface area contributed by atoms with Crippen LogP contribution in [0.4, 0.5) is 0 Å². The van der Waals surface area contributed by atoms with E-state index in [1.807, 2.05) is 18.2 Å². The molecular weight excluding hydrogens is 300 g/mol. The fourth-order valence-electron chi connectivity index (χ4n) is 3.38. The third-order valence-corrected chi connectivity index (χ3v) is 4.66. The van der Waals surface area contributed by atoms with Crippen molar-refractivity contribution in [1.29, 1.82) is 0 Å². The van der Waals surface area contributed by atoms with Crippen LogP contribution in [0.1, 0.15) is 30.0 Å². The molecule has 1 fully saturated rings. The maximum absolute atomic E-state index is 5.49. The van der Waals surface area contributed by atoms with Gasteiger partial charge in [0.1, 0.15) is 11.5 Å². The van der Waals surface area contributed by atoms with E-state index in [0.29, 0.717) is 12.1 Å². The van der Waals surface area contributed by atoms with Crippen molar-refractivity contribution in [3.05, 3.63) is 59.7 Å². The molecule has 1 saturated heterocycles. The Morgan fingerprint density at radius 1 is 1.08 bits per heavy atom. The Labute approximate surface area is 144 Å². The molecule has 1 aliphatic heterocycles. The maximum atomic E-state index is 5.49. The van der Waals surface area contributed by atoms with Gasteiger partial charge in [0, 0.05) is 24.2 Å². The molecule has 0 saturated carbocycles. The SMILES string of the molecule is COc1ccc(OC)c(CNC2CCCN[C@H]2c2ccccc2)c1. The molecule has 2 atom stereocenters. The fraction of sp³-hybridized carbons (Fsp3) is 0.400. The third kappa shape index (κ3) is 3.89. The molecule has 24 heavy (non-hydrogen) atoms. The topological polar surface area (TPSA) is 42.5 Å². The summed E-state index contributed by atoms with van der Waals surface area (Å²) in [5.74, 6) is 1.75. The molecule has 2 aromatic rings. The Bertz CT molecular complexity index is 645. The molecule has 2 N–H and O–H groups in total. The molecule has 0 aromatic heterocycles. The van der Waals surface area contributed by atoms with E-state index in [0.717, 1.165) is 30.2 Å². The lowest BCUT2D eigenvalue weighted by atomic mass is 9.92. The van der Waals surface area contributed by atoms with E-state index in [-0.39, 0.29) is 0 Å². The number of hydrogen-bond acceptors (Lipinski definition) is 4. The van der Waals surface area contributed by atoms with Gasteiger partial charge in [-0.25, -0.2) is 0 Å². The van der Waals surface area contributed by atoms with Crippen LogP contribution in [-0.4, -0.2) is 26.8 Å². The van der Waals surface area contributed by atoms with E-state index in [1.54, 1.807) is 14.2 Å². The van der Waals surface area contributed by atoms with Crippen LogP contribution in [0, 0.1) is 0 Å². The van der Waals surface area contributed by atoms with Crippen LogP contribution in [0.15, 0.2) is 48.5 Å². The van der Waals surface area contributed by atoms with Crippen LogP contribution in [0.2, 0.25) is 0 Å². The van der Waals surface area contributed by atoms with Gasteiger partial charge >= 0.3 is 0 Å². The molecule has 1 heterocycles. The van der Waals surface area contributed by atoms with Crippen LogP contribution < -0.4 is 20.1 Å². The lowest BCUT2D eigenvalue weighted by molar-refractivity contribution is 0.302. The van der Waals surface area contributed by atoms with Crippen molar-refractivity contribution >= 4 is 0 Å². The maximum Gasteiger partial charge on any atom is 0.123 e. The monoisotopic (exact) mass is 326 g/mol. The van der Waals surface area contributed by atoms with Gasteiger partial charge in [-0.2, -0.15) is 0 Å². The zero-order valence-corrected chi connectivity index (χ0v) is 14.4. The van der Waals surface area contributed by atoms with Gasteiger partial charge in [-0.3, -0.25) is 0 Å². The summed E-state index contributed by atoms with van der Waals surface area (Å²) in [6.45, 7) is 1.83. The first-order chi connectivity index (χ1) is 11.8. The molecule has 0 radical (unpaired) electrons. The smallest absolute Gasteiger partial charge is 0.123 e. The second kappa shape index (κ2) is 8.18. The Morgan fingerprint density at radius 2 is 1.92 bits per heavy atom. The average Bonchev–Trinajstić information content (AvgIpc) is 2.67. The highest BCUT2D eigenvalue weighted by Crippen LogP contribution is 2.27. The number of ether oxygens (including phenoxy) is 2. The van der Waals surface area contributed by atoms with Crippen molar-refractivity contribution < 1.29 is 9.47 Å². The first kappa shape index (κ1) is 16.8. The summed E-state index contributed by atoms with van der Waals surface area (Å²) < 4.78 is 10.8. The van der Waals surface area contributed by atoms with Crippen LogP contribution in [0.25, 0.3) is 0 Å². The van der Waals surface area contributed by atoms with Crippen molar-refractivity contribution in [1.82, 2.24) is 10.6 Å². The molecule has 2 aromatic carbocycles. The van der Waals surface area contributed by atoms with Crippen molar-refractivity contribution in [2.24, 2.45) is 0 Å². The standard InChI is InChI=1S/C20H26N2O2/c1-23-17-10-11-19(24-2)16(13-17)14-22-18-9-6-12-21-20(18)15-7-4-3-5-8-15/h3-5,7-8,10-11,13,18,20-22H,6,9,12,14H2,1-2H3/t18?,20-/m0/s1. The van der Waals surface area contributed by atoms with Crippen LogP contribution in [0.5, 0.6) is 11.5 Å². The van der Waals surface area contributed by atoms with Gasteiger partial charge in [0.2, 0.25) is 0 Å². The van der Waals surface area contributed by atoms with E-state index >= 15 is 0 Å². The molecular formula is C20H26N2O2. The number of rotatable bonds is 6. The van der Waals surface area contributed by atoms with Gasteiger partial charge in [0.15, 0.2) is 0 Å². The van der Waals surface area contributed by atoms with Gasteiger partial charge in [-0.05, 0) is 43.1 Å². The van der Waals surface area contributed by atoms with Crippen LogP contribution in [-0.2, 0) is 6.54 Å². The van der Waals surface area contributed by atoms with E-state index in [2.05, 4.69) is 41.0 Å². The molecule has 0 amide bonds. The molecule has 0 aliphatic carbocycles. The fourth-order valence-corrected chi connectivity index (χ4v) is 3.38. The summed E-state index contributed by atoms with van der Waals surface area (Å²) in [4.78, 5) is 0. The van der Waals surface area contributed by atoms with E-state index in [1.165, 1.54) is 18.4 Å². The van der Waals surface area contributed by atoms with Gasteiger partial charge < -0.3 is 20.1 Å². The quantitative estimate of drug-likeness (QED) is 0.855. The highest BCUT2D eigenvalue weighted by molar-refractivity contribution is 5.40. The Balaban J connectivity index is 1.72. The van der Waals surface area contributed by atoms with Gasteiger partial charge in [-0.15, -0.1) is 0 Å². The zero-order valence-electron chi connectivity index (χ0n) is 14.4. The highest BCUT2D eigenvalue weighted by atomic mass is 16.5. The molecule has 1 aliphatic rings. The summed E-state index contributed by atoms with van der Waals surface area (Å²) in [6, 6.07) is 17.3. The van der Waals surface area contributed by atoms with Crippen molar-refractivity contribution in [2.75, 3.05) is 20.8 Å². The lowest BCUT2D eigenvalue weighted by Gasteiger charge is -2.34. The molecule has 4 heteroatoms. The van der Waals surface area contributed by atoms with Crippen molar-refractivity contribution in [2.45, 2.75) is 31.5 Å². The predicted octanol–water partition coefficient (Wildman–Crippen LogP) is 3.29. The number of piperidine rings is 1. The number of hydrogen-bond donors (Lipinski definition) is 2. The largest absolute Gasteiger partial charge is 0.497 e. The van der Waals surface area contributed by atoms with Crippen molar-refractivity contribution in [3.63, 3.8) is 0 Å². The summed E-state index contributed by atoms with van der Waals surface area (Å²) in [6.07, 6.45) is 2.36. The molecule has 1 unspecified atom stereocenters. The summed E-state index contributed by atoms with van der Waals surface area (Å²) in [7, 11) is 3.40. The second-order valence-electron chi connectivity index (χ2n) is 6.15. The van der Waals surface area contributed by atoms with Gasteiger partial charge in [-0.1, -0.05) is 30.3 Å². The van der Waals surface area contributed by atoms with E-state index in [9.17, 15) is 0 Å². The van der Waals surface area contributed by atoms with E-state index < -0.39 is 0 Å². The van der Waals surface area contributed by atoms with Crippen LogP contribution >= 0.6 is 0 Å². The average molecular weight is 326 g/mol. The van der Waals surface area contributed by atoms with Gasteiger partial charge in [0.05, 0.1) is 14.2 Å². The summed E-state index contributed by atoms with van der Waals surface area (Å²) in [5, 5.41) is 7.37. The molecule has 128 valence electrons. The first-order valence-electron chi connectivity index (χ1n) is 8.54. The molecule has 4 nitrogen and oxygen atoms in total. The summed E-state index contributed by atoms with van der Waals surface area (Å²) in [5.41, 5.74) is 2.46.